The van der Waals surface area contributed by atoms with Gasteiger partial charge in [0.2, 0.25) is 5.79 Å². The Morgan fingerprint density at radius 2 is 1.95 bits per heavy atom. The van der Waals surface area contributed by atoms with Gasteiger partial charge in [-0.2, -0.15) is 0 Å². The maximum atomic E-state index is 13.7. The largest absolute Gasteiger partial charge is 0.394 e. The summed E-state index contributed by atoms with van der Waals surface area (Å²) in [5, 5.41) is 43.1. The molecule has 5 rings (SSSR count). The average Bonchev–Trinajstić information content (AvgIpc) is 3.53. The first kappa shape index (κ1) is 26.5. The van der Waals surface area contributed by atoms with Gasteiger partial charge in [-0.05, 0) is 36.8 Å². The molecule has 202 valence electrons. The monoisotopic (exact) mass is 554 g/mol. The number of ether oxygens (including phenoxy) is 2. The third kappa shape index (κ3) is 4.55. The van der Waals surface area contributed by atoms with Crippen molar-refractivity contribution in [3.05, 3.63) is 70.6 Å². The summed E-state index contributed by atoms with van der Waals surface area (Å²) < 4.78 is 53.6. The molecule has 3 aromatic rings. The minimum Gasteiger partial charge on any atom is -0.394 e. The molecule has 14 heteroatoms. The Bertz CT molecular complexity index is 1340. The number of halogens is 4. The summed E-state index contributed by atoms with van der Waals surface area (Å²) in [7, 11) is 0. The molecule has 2 aromatic carbocycles. The molecule has 0 radical (unpaired) electrons. The third-order valence-corrected chi connectivity index (χ3v) is 6.92. The van der Waals surface area contributed by atoms with E-state index in [9.17, 15) is 33.3 Å². The van der Waals surface area contributed by atoms with E-state index in [1.165, 1.54) is 12.3 Å². The van der Waals surface area contributed by atoms with Crippen LogP contribution in [0.1, 0.15) is 22.8 Å². The smallest absolute Gasteiger partial charge is 0.251 e. The van der Waals surface area contributed by atoms with Crippen molar-refractivity contribution in [1.29, 1.82) is 0 Å². The lowest BCUT2D eigenvalue weighted by atomic mass is 9.86. The fraction of sp³-hybridized carbons (Fsp3) is 0.375. The maximum absolute atomic E-state index is 13.7. The molecule has 38 heavy (non-hydrogen) atoms. The molecular formula is C24H22ClF3N4O6. The van der Waals surface area contributed by atoms with Gasteiger partial charge in [0.1, 0.15) is 30.0 Å². The first-order chi connectivity index (χ1) is 18.1. The van der Waals surface area contributed by atoms with E-state index in [-0.39, 0.29) is 29.8 Å². The van der Waals surface area contributed by atoms with Crippen molar-refractivity contribution in [2.45, 2.75) is 42.6 Å². The molecule has 1 aromatic heterocycles. The first-order valence-corrected chi connectivity index (χ1v) is 11.9. The van der Waals surface area contributed by atoms with Crippen molar-refractivity contribution >= 4 is 17.5 Å². The van der Waals surface area contributed by atoms with E-state index < -0.39 is 66.1 Å². The van der Waals surface area contributed by atoms with Gasteiger partial charge in [0, 0.05) is 16.1 Å². The second-order valence-electron chi connectivity index (χ2n) is 9.00. The predicted molar refractivity (Wildman–Crippen MR) is 124 cm³/mol. The third-order valence-electron chi connectivity index (χ3n) is 6.69. The number of rotatable bonds is 5. The van der Waals surface area contributed by atoms with Crippen molar-refractivity contribution in [3.8, 4) is 11.3 Å². The van der Waals surface area contributed by atoms with E-state index in [0.29, 0.717) is 5.02 Å². The molecule has 2 saturated heterocycles. The van der Waals surface area contributed by atoms with Gasteiger partial charge in [0.05, 0.1) is 25.5 Å². The van der Waals surface area contributed by atoms with E-state index in [1.807, 2.05) is 0 Å². The van der Waals surface area contributed by atoms with Crippen LogP contribution in [0, 0.1) is 17.5 Å². The van der Waals surface area contributed by atoms with E-state index in [4.69, 9.17) is 21.1 Å². The summed E-state index contributed by atoms with van der Waals surface area (Å²) >= 11 is 5.98. The highest BCUT2D eigenvalue weighted by atomic mass is 35.5. The fourth-order valence-electron chi connectivity index (χ4n) is 4.82. The van der Waals surface area contributed by atoms with Crippen molar-refractivity contribution in [2.24, 2.45) is 0 Å². The number of carbonyl (C=O) groups is 1. The zero-order valence-corrected chi connectivity index (χ0v) is 20.2. The van der Waals surface area contributed by atoms with Crippen LogP contribution in [-0.2, 0) is 9.47 Å². The van der Waals surface area contributed by atoms with Crippen molar-refractivity contribution < 1.29 is 42.8 Å². The topological polar surface area (TPSA) is 139 Å². The van der Waals surface area contributed by atoms with Crippen LogP contribution in [0.15, 0.2) is 42.6 Å². The molecule has 0 unspecified atom stereocenters. The number of carbonyl (C=O) groups excluding carboxylic acids is 1. The van der Waals surface area contributed by atoms with Crippen LogP contribution < -0.4 is 5.32 Å². The number of hydrogen-bond donors (Lipinski definition) is 4. The highest BCUT2D eigenvalue weighted by Gasteiger charge is 2.62. The molecule has 0 saturated carbocycles. The van der Waals surface area contributed by atoms with Crippen LogP contribution >= 0.6 is 11.6 Å². The molecule has 0 aliphatic carbocycles. The molecule has 10 nitrogen and oxygen atoms in total. The second-order valence-corrected chi connectivity index (χ2v) is 9.43. The van der Waals surface area contributed by atoms with Gasteiger partial charge in [-0.3, -0.25) is 4.79 Å². The highest BCUT2D eigenvalue weighted by molar-refractivity contribution is 6.30. The fourth-order valence-corrected chi connectivity index (χ4v) is 5.01. The van der Waals surface area contributed by atoms with E-state index in [1.54, 1.807) is 18.2 Å². The summed E-state index contributed by atoms with van der Waals surface area (Å²) in [5.41, 5.74) is 0.0298. The Balaban J connectivity index is 1.47. The van der Waals surface area contributed by atoms with Crippen LogP contribution in [0.4, 0.5) is 13.2 Å². The molecule has 0 bridgehead atoms. The number of nitrogens with one attached hydrogen (secondary N) is 1. The van der Waals surface area contributed by atoms with Crippen molar-refractivity contribution in [3.63, 3.8) is 0 Å². The molecule has 2 aliphatic heterocycles. The molecule has 6 atom stereocenters. The minimum atomic E-state index is -1.90. The summed E-state index contributed by atoms with van der Waals surface area (Å²) in [6.07, 6.45) is -3.07. The molecule has 1 amide bonds. The van der Waals surface area contributed by atoms with Crippen molar-refractivity contribution in [1.82, 2.24) is 20.3 Å². The number of benzene rings is 2. The van der Waals surface area contributed by atoms with Gasteiger partial charge in [-0.25, -0.2) is 17.9 Å². The standard InChI is InChI=1S/C24H22ClF3N4O6/c25-13-3-1-2-11(6-13)23(36)29-18-4-5-37-24(18)22(35)20(21(34)17(10-33)38-24)32-9-16(30-31-32)12-7-14(26)19(28)15(27)8-12/h1-3,6-9,17-18,20-22,33-35H,4-5,10H2,(H,29,36)/t17-,18-,20+,21+,22-,24+/m1/s1. The Morgan fingerprint density at radius 1 is 1.21 bits per heavy atom. The first-order valence-electron chi connectivity index (χ1n) is 11.6. The second kappa shape index (κ2) is 10.2. The van der Waals surface area contributed by atoms with Gasteiger partial charge in [0.15, 0.2) is 17.5 Å². The SMILES string of the molecule is O=C(N[C@@H]1CCO[C@]12O[C@H](CO)[C@H](O)[C@H](n1cc(-c3cc(F)c(F)c(F)c3)nn1)[C@H]2O)c1cccc(Cl)c1. The van der Waals surface area contributed by atoms with Crippen LogP contribution in [0.2, 0.25) is 5.02 Å². The molecule has 2 aliphatic rings. The molecule has 1 spiro atoms. The Morgan fingerprint density at radius 3 is 2.63 bits per heavy atom. The quantitative estimate of drug-likeness (QED) is 0.349. The Hall–Kier alpha value is -3.07. The summed E-state index contributed by atoms with van der Waals surface area (Å²) in [5.74, 6) is -6.93. The van der Waals surface area contributed by atoms with E-state index in [0.717, 1.165) is 16.8 Å². The van der Waals surface area contributed by atoms with Crippen LogP contribution in [0.25, 0.3) is 11.3 Å². The number of aromatic nitrogens is 3. The zero-order valence-electron chi connectivity index (χ0n) is 19.5. The molecule has 4 N–H and O–H groups in total. The lowest BCUT2D eigenvalue weighted by Crippen LogP contribution is -2.69. The van der Waals surface area contributed by atoms with Gasteiger partial charge >= 0.3 is 0 Å². The number of aliphatic hydroxyl groups is 3. The van der Waals surface area contributed by atoms with Crippen LogP contribution in [-0.4, -0.2) is 79.6 Å². The summed E-state index contributed by atoms with van der Waals surface area (Å²) in [6.45, 7) is -0.615. The van der Waals surface area contributed by atoms with Crippen molar-refractivity contribution in [2.75, 3.05) is 13.2 Å². The zero-order chi connectivity index (χ0) is 27.2. The summed E-state index contributed by atoms with van der Waals surface area (Å²) in [4.78, 5) is 12.9. The number of amides is 1. The highest BCUT2D eigenvalue weighted by Crippen LogP contribution is 2.43. The average molecular weight is 555 g/mol. The van der Waals surface area contributed by atoms with Gasteiger partial charge in [-0.15, -0.1) is 5.10 Å². The van der Waals surface area contributed by atoms with Gasteiger partial charge in [0.25, 0.3) is 5.91 Å². The number of nitrogens with zero attached hydrogens (tertiary/aromatic N) is 3. The van der Waals surface area contributed by atoms with Gasteiger partial charge < -0.3 is 30.1 Å². The number of hydrogen-bond acceptors (Lipinski definition) is 8. The Labute approximate surface area is 218 Å². The minimum absolute atomic E-state index is 0.0647. The molecule has 3 heterocycles. The van der Waals surface area contributed by atoms with Crippen LogP contribution in [0.3, 0.4) is 0 Å². The van der Waals surface area contributed by atoms with Gasteiger partial charge in [-0.1, -0.05) is 22.9 Å². The summed E-state index contributed by atoms with van der Waals surface area (Å²) in [6, 6.07) is 5.40. The number of aliphatic hydroxyl groups excluding tert-OH is 3. The van der Waals surface area contributed by atoms with Crippen LogP contribution in [0.5, 0.6) is 0 Å². The van der Waals surface area contributed by atoms with E-state index >= 15 is 0 Å². The maximum Gasteiger partial charge on any atom is 0.251 e. The normalized spacial score (nSPS) is 29.1. The lowest BCUT2D eigenvalue weighted by molar-refractivity contribution is -0.344. The van der Waals surface area contributed by atoms with E-state index in [2.05, 4.69) is 15.6 Å². The lowest BCUT2D eigenvalue weighted by Gasteiger charge is -2.49. The molecular weight excluding hydrogens is 533 g/mol. The Kier molecular flexibility index (Phi) is 7.15. The molecule has 2 fully saturated rings. The predicted octanol–water partition coefficient (Wildman–Crippen LogP) is 1.58.